The molecule has 0 aromatic heterocycles. The zero-order chi connectivity index (χ0) is 20.0. The van der Waals surface area contributed by atoms with E-state index in [1.165, 1.54) is 10.4 Å². The number of carbonyl (C=O) groups is 1. The third kappa shape index (κ3) is 5.53. The molecule has 146 valence electrons. The number of benzene rings is 2. The summed E-state index contributed by atoms with van der Waals surface area (Å²) in [5.41, 5.74) is 2.76. The number of sulfonamides is 1. The Kier molecular flexibility index (Phi) is 6.96. The Morgan fingerprint density at radius 2 is 1.78 bits per heavy atom. The lowest BCUT2D eigenvalue weighted by molar-refractivity contribution is -0.121. The first-order valence-electron chi connectivity index (χ1n) is 8.80. The molecule has 2 rings (SSSR count). The Morgan fingerprint density at radius 1 is 1.11 bits per heavy atom. The summed E-state index contributed by atoms with van der Waals surface area (Å²) in [5, 5.41) is 2.64. The minimum atomic E-state index is -3.55. The number of nitrogens with one attached hydrogen (secondary N) is 1. The van der Waals surface area contributed by atoms with Crippen molar-refractivity contribution in [1.29, 1.82) is 0 Å². The second-order valence-electron chi connectivity index (χ2n) is 6.39. The van der Waals surface area contributed by atoms with Gasteiger partial charge in [-0.05, 0) is 30.5 Å². The molecule has 0 radical (unpaired) electrons. The van der Waals surface area contributed by atoms with Gasteiger partial charge < -0.3 is 5.32 Å². The molecular weight excluding hydrogens is 367 g/mol. The molecule has 0 saturated heterocycles. The quantitative estimate of drug-likeness (QED) is 0.750. The van der Waals surface area contributed by atoms with E-state index < -0.39 is 10.0 Å². The monoisotopic (exact) mass is 392 g/mol. The molecule has 0 aliphatic rings. The van der Waals surface area contributed by atoms with E-state index in [2.05, 4.69) is 5.32 Å². The third-order valence-electron chi connectivity index (χ3n) is 4.33. The molecule has 0 saturated carbocycles. The Bertz CT molecular complexity index is 913. The van der Waals surface area contributed by atoms with Gasteiger partial charge in [-0.15, -0.1) is 0 Å². The van der Waals surface area contributed by atoms with E-state index in [4.69, 9.17) is 0 Å². The Hall–Kier alpha value is -2.41. The molecule has 1 amide bonds. The molecule has 2 aromatic carbocycles. The summed E-state index contributed by atoms with van der Waals surface area (Å²) in [7, 11) is -3.55. The summed E-state index contributed by atoms with van der Waals surface area (Å²) < 4.78 is 39.6. The van der Waals surface area contributed by atoms with Crippen molar-refractivity contribution in [2.75, 3.05) is 17.1 Å². The molecule has 0 aliphatic heterocycles. The van der Waals surface area contributed by atoms with Crippen LogP contribution in [0, 0.1) is 12.7 Å². The number of carbonyl (C=O) groups excluding carboxylic acids is 1. The molecule has 0 fully saturated rings. The molecule has 7 heteroatoms. The smallest absolute Gasteiger partial charge is 0.232 e. The van der Waals surface area contributed by atoms with Gasteiger partial charge in [-0.3, -0.25) is 9.10 Å². The van der Waals surface area contributed by atoms with Crippen molar-refractivity contribution in [1.82, 2.24) is 5.32 Å². The number of halogens is 1. The van der Waals surface area contributed by atoms with Crippen LogP contribution in [0.3, 0.4) is 0 Å². The highest BCUT2D eigenvalue weighted by Gasteiger charge is 2.22. The predicted octanol–water partition coefficient (Wildman–Crippen LogP) is 3.17. The number of para-hydroxylation sites is 1. The zero-order valence-corrected chi connectivity index (χ0v) is 16.6. The molecule has 0 heterocycles. The lowest BCUT2D eigenvalue weighted by Gasteiger charge is -2.26. The highest BCUT2D eigenvalue weighted by molar-refractivity contribution is 7.92. The highest BCUT2D eigenvalue weighted by atomic mass is 32.2. The van der Waals surface area contributed by atoms with Crippen LogP contribution < -0.4 is 9.62 Å². The van der Waals surface area contributed by atoms with E-state index in [1.54, 1.807) is 18.2 Å². The molecule has 1 N–H and O–H groups in total. The summed E-state index contributed by atoms with van der Waals surface area (Å²) in [6.45, 7) is 3.90. The van der Waals surface area contributed by atoms with E-state index in [0.29, 0.717) is 17.7 Å². The number of hydrogen-bond donors (Lipinski definition) is 1. The minimum Gasteiger partial charge on any atom is -0.352 e. The second kappa shape index (κ2) is 8.99. The number of amides is 1. The maximum Gasteiger partial charge on any atom is 0.232 e. The van der Waals surface area contributed by atoms with Gasteiger partial charge in [0.15, 0.2) is 0 Å². The fourth-order valence-corrected chi connectivity index (χ4v) is 3.95. The fourth-order valence-electron chi connectivity index (χ4n) is 2.93. The first-order chi connectivity index (χ1) is 12.7. The number of rotatable bonds is 8. The van der Waals surface area contributed by atoms with Crippen LogP contribution in [0.4, 0.5) is 10.1 Å². The van der Waals surface area contributed by atoms with Crippen LogP contribution in [0.15, 0.2) is 42.5 Å². The van der Waals surface area contributed by atoms with Gasteiger partial charge in [0.05, 0.1) is 11.9 Å². The fraction of sp³-hybridized carbons (Fsp3) is 0.350. The maximum absolute atomic E-state index is 13.6. The number of aryl methyl sites for hydroxylation is 2. The summed E-state index contributed by atoms with van der Waals surface area (Å²) in [6, 6.07) is 11.8. The zero-order valence-electron chi connectivity index (χ0n) is 15.8. The Morgan fingerprint density at radius 3 is 2.41 bits per heavy atom. The van der Waals surface area contributed by atoms with Crippen molar-refractivity contribution in [2.24, 2.45) is 0 Å². The van der Waals surface area contributed by atoms with Crippen molar-refractivity contribution in [3.63, 3.8) is 0 Å². The van der Waals surface area contributed by atoms with Gasteiger partial charge in [-0.2, -0.15) is 0 Å². The first-order valence-corrected chi connectivity index (χ1v) is 10.6. The molecule has 5 nitrogen and oxygen atoms in total. The first kappa shape index (κ1) is 20.9. The summed E-state index contributed by atoms with van der Waals surface area (Å²) in [5.74, 6) is -0.721. The number of nitrogens with zero attached hydrogens (tertiary/aromatic N) is 1. The van der Waals surface area contributed by atoms with Crippen molar-refractivity contribution < 1.29 is 17.6 Å². The SMILES string of the molecule is CCc1cccc(C)c1N(CCC(=O)NCc1ccccc1F)S(C)(=O)=O. The largest absolute Gasteiger partial charge is 0.352 e. The van der Waals surface area contributed by atoms with Crippen molar-refractivity contribution in [2.45, 2.75) is 33.2 Å². The van der Waals surface area contributed by atoms with Crippen molar-refractivity contribution >= 4 is 21.6 Å². The normalized spacial score (nSPS) is 11.3. The Balaban J connectivity index is 2.10. The standard InChI is InChI=1S/C20H25FN2O3S/c1-4-16-10-7-8-15(2)20(16)23(27(3,25)26)13-12-19(24)22-14-17-9-5-6-11-18(17)21/h5-11H,4,12-14H2,1-3H3,(H,22,24). The predicted molar refractivity (Wildman–Crippen MR) is 106 cm³/mol. The van der Waals surface area contributed by atoms with E-state index in [9.17, 15) is 17.6 Å². The third-order valence-corrected chi connectivity index (χ3v) is 5.49. The van der Waals surface area contributed by atoms with Gasteiger partial charge in [-0.25, -0.2) is 12.8 Å². The summed E-state index contributed by atoms with van der Waals surface area (Å²) >= 11 is 0. The van der Waals surface area contributed by atoms with Gasteiger partial charge in [0.2, 0.25) is 15.9 Å². The van der Waals surface area contributed by atoms with Crippen LogP contribution in [-0.4, -0.2) is 27.1 Å². The molecular formula is C20H25FN2O3S. The minimum absolute atomic E-state index is 0.0149. The van der Waals surface area contributed by atoms with Gasteiger partial charge >= 0.3 is 0 Å². The van der Waals surface area contributed by atoms with Gasteiger partial charge in [0.1, 0.15) is 5.82 Å². The summed E-state index contributed by atoms with van der Waals surface area (Å²) in [4.78, 5) is 12.2. The molecule has 0 atom stereocenters. The molecule has 0 spiro atoms. The van der Waals surface area contributed by atoms with E-state index in [0.717, 1.165) is 17.4 Å². The van der Waals surface area contributed by atoms with Crippen LogP contribution in [0.5, 0.6) is 0 Å². The molecule has 0 unspecified atom stereocenters. The van der Waals surface area contributed by atoms with Gasteiger partial charge in [0.25, 0.3) is 0 Å². The van der Waals surface area contributed by atoms with Crippen LogP contribution in [0.1, 0.15) is 30.0 Å². The number of hydrogen-bond acceptors (Lipinski definition) is 3. The highest BCUT2D eigenvalue weighted by Crippen LogP contribution is 2.28. The maximum atomic E-state index is 13.6. The van der Waals surface area contributed by atoms with Crippen LogP contribution >= 0.6 is 0 Å². The molecule has 0 bridgehead atoms. The van der Waals surface area contributed by atoms with Gasteiger partial charge in [-0.1, -0.05) is 43.3 Å². The molecule has 27 heavy (non-hydrogen) atoms. The van der Waals surface area contributed by atoms with Crippen LogP contribution in [-0.2, 0) is 27.8 Å². The van der Waals surface area contributed by atoms with Crippen molar-refractivity contribution in [3.05, 3.63) is 65.0 Å². The Labute approximate surface area is 160 Å². The average Bonchev–Trinajstić information content (AvgIpc) is 2.61. The summed E-state index contributed by atoms with van der Waals surface area (Å²) in [6.07, 6.45) is 1.80. The molecule has 2 aromatic rings. The van der Waals surface area contributed by atoms with E-state index >= 15 is 0 Å². The lowest BCUT2D eigenvalue weighted by Crippen LogP contribution is -2.35. The second-order valence-corrected chi connectivity index (χ2v) is 8.30. The van der Waals surface area contributed by atoms with Crippen LogP contribution in [0.2, 0.25) is 0 Å². The average molecular weight is 392 g/mol. The lowest BCUT2D eigenvalue weighted by atomic mass is 10.1. The number of anilines is 1. The van der Waals surface area contributed by atoms with E-state index in [1.807, 2.05) is 32.0 Å². The molecule has 0 aliphatic carbocycles. The van der Waals surface area contributed by atoms with E-state index in [-0.39, 0.29) is 31.2 Å². The van der Waals surface area contributed by atoms with Gasteiger partial charge in [0, 0.05) is 25.1 Å². The topological polar surface area (TPSA) is 66.5 Å². The van der Waals surface area contributed by atoms with Crippen LogP contribution in [0.25, 0.3) is 0 Å². The van der Waals surface area contributed by atoms with Crippen molar-refractivity contribution in [3.8, 4) is 0 Å².